The van der Waals surface area contributed by atoms with Crippen LogP contribution >= 0.6 is 0 Å². The zero-order valence-corrected chi connectivity index (χ0v) is 17.3. The van der Waals surface area contributed by atoms with E-state index in [-0.39, 0.29) is 5.91 Å². The first kappa shape index (κ1) is 21.1. The van der Waals surface area contributed by atoms with E-state index in [4.69, 9.17) is 4.74 Å². The van der Waals surface area contributed by atoms with Crippen LogP contribution in [0.3, 0.4) is 0 Å². The third-order valence-corrected chi connectivity index (χ3v) is 5.73. The number of likely N-dealkylation sites (tertiary alicyclic amines) is 1. The number of para-hydroxylation sites is 1. The van der Waals surface area contributed by atoms with Crippen LogP contribution < -0.4 is 4.74 Å². The van der Waals surface area contributed by atoms with E-state index in [2.05, 4.69) is 17.0 Å². The van der Waals surface area contributed by atoms with Gasteiger partial charge in [0.2, 0.25) is 0 Å². The quantitative estimate of drug-likeness (QED) is 0.479. The zero-order chi connectivity index (χ0) is 20.6. The topological polar surface area (TPSA) is 49.9 Å². The Bertz CT molecular complexity index is 836. The van der Waals surface area contributed by atoms with Gasteiger partial charge in [0.05, 0.1) is 12.7 Å². The SMILES string of the molecule is COc1ccccc1C1CCN(CCCCN(C)C(=O)c2ccccc2C=O)C1. The van der Waals surface area contributed by atoms with E-state index in [9.17, 15) is 9.59 Å². The monoisotopic (exact) mass is 394 g/mol. The van der Waals surface area contributed by atoms with Gasteiger partial charge >= 0.3 is 0 Å². The highest BCUT2D eigenvalue weighted by atomic mass is 16.5. The lowest BCUT2D eigenvalue weighted by Crippen LogP contribution is -2.29. The summed E-state index contributed by atoms with van der Waals surface area (Å²) < 4.78 is 5.52. The van der Waals surface area contributed by atoms with Gasteiger partial charge in [-0.25, -0.2) is 0 Å². The van der Waals surface area contributed by atoms with Gasteiger partial charge in [-0.1, -0.05) is 36.4 Å². The molecule has 5 heteroatoms. The molecule has 0 radical (unpaired) electrons. The van der Waals surface area contributed by atoms with Crippen molar-refractivity contribution in [1.29, 1.82) is 0 Å². The molecule has 1 saturated heterocycles. The van der Waals surface area contributed by atoms with Crippen molar-refractivity contribution < 1.29 is 14.3 Å². The first-order valence-corrected chi connectivity index (χ1v) is 10.3. The highest BCUT2D eigenvalue weighted by Crippen LogP contribution is 2.33. The molecule has 1 fully saturated rings. The van der Waals surface area contributed by atoms with Crippen LogP contribution in [0.2, 0.25) is 0 Å². The van der Waals surface area contributed by atoms with Gasteiger partial charge in [0, 0.05) is 31.6 Å². The Morgan fingerprint density at radius 2 is 1.93 bits per heavy atom. The summed E-state index contributed by atoms with van der Waals surface area (Å²) in [6, 6.07) is 15.3. The number of hydrogen-bond acceptors (Lipinski definition) is 4. The molecule has 5 nitrogen and oxygen atoms in total. The Balaban J connectivity index is 1.43. The van der Waals surface area contributed by atoms with Gasteiger partial charge in [0.1, 0.15) is 5.75 Å². The summed E-state index contributed by atoms with van der Waals surface area (Å²) in [5, 5.41) is 0. The summed E-state index contributed by atoms with van der Waals surface area (Å²) in [7, 11) is 3.54. The van der Waals surface area contributed by atoms with Gasteiger partial charge in [-0.3, -0.25) is 9.59 Å². The molecule has 2 aromatic rings. The second-order valence-electron chi connectivity index (χ2n) is 7.67. The predicted octanol–water partition coefficient (Wildman–Crippen LogP) is 3.85. The molecule has 0 spiro atoms. The Labute approximate surface area is 173 Å². The molecule has 1 atom stereocenters. The number of benzene rings is 2. The van der Waals surface area contributed by atoms with Crippen molar-refractivity contribution in [3.05, 3.63) is 65.2 Å². The second-order valence-corrected chi connectivity index (χ2v) is 7.67. The predicted molar refractivity (Wildman–Crippen MR) is 115 cm³/mol. The minimum absolute atomic E-state index is 0.0925. The minimum Gasteiger partial charge on any atom is -0.496 e. The second kappa shape index (κ2) is 10.2. The number of unbranched alkanes of at least 4 members (excludes halogenated alkanes) is 1. The van der Waals surface area contributed by atoms with Crippen molar-refractivity contribution in [2.75, 3.05) is 40.3 Å². The van der Waals surface area contributed by atoms with Crippen molar-refractivity contribution >= 4 is 12.2 Å². The van der Waals surface area contributed by atoms with E-state index in [0.717, 1.165) is 50.9 Å². The van der Waals surface area contributed by atoms with Gasteiger partial charge in [-0.05, 0) is 50.0 Å². The summed E-state index contributed by atoms with van der Waals surface area (Å²) in [4.78, 5) is 27.9. The highest BCUT2D eigenvalue weighted by molar-refractivity contribution is 6.01. The average Bonchev–Trinajstić information content (AvgIpc) is 3.24. The smallest absolute Gasteiger partial charge is 0.254 e. The molecule has 1 amide bonds. The molecule has 0 bridgehead atoms. The molecule has 0 saturated carbocycles. The van der Waals surface area contributed by atoms with Gasteiger partial charge in [-0.2, -0.15) is 0 Å². The summed E-state index contributed by atoms with van der Waals surface area (Å²) >= 11 is 0. The van der Waals surface area contributed by atoms with E-state index < -0.39 is 0 Å². The summed E-state index contributed by atoms with van der Waals surface area (Å²) in [5.74, 6) is 1.41. The van der Waals surface area contributed by atoms with Crippen molar-refractivity contribution in [2.24, 2.45) is 0 Å². The molecule has 1 aliphatic rings. The number of nitrogens with zero attached hydrogens (tertiary/aromatic N) is 2. The number of amides is 1. The standard InChI is InChI=1S/C24H30N2O3/c1-25(24(28)22-11-4-3-9-20(22)18-27)14-7-8-15-26-16-13-19(17-26)21-10-5-6-12-23(21)29-2/h3-6,9-12,18-19H,7-8,13-17H2,1-2H3. The molecular weight excluding hydrogens is 364 g/mol. The maximum atomic E-state index is 12.6. The number of ether oxygens (including phenoxy) is 1. The number of aldehydes is 1. The average molecular weight is 395 g/mol. The van der Waals surface area contributed by atoms with E-state index in [1.165, 1.54) is 5.56 Å². The van der Waals surface area contributed by atoms with Gasteiger partial charge < -0.3 is 14.5 Å². The maximum Gasteiger partial charge on any atom is 0.254 e. The van der Waals surface area contributed by atoms with E-state index in [0.29, 0.717) is 23.6 Å². The summed E-state index contributed by atoms with van der Waals surface area (Å²) in [6.07, 6.45) is 3.89. The van der Waals surface area contributed by atoms with Crippen LogP contribution in [-0.2, 0) is 0 Å². The van der Waals surface area contributed by atoms with Crippen LogP contribution in [0.4, 0.5) is 0 Å². The van der Waals surface area contributed by atoms with E-state index in [1.807, 2.05) is 12.1 Å². The van der Waals surface area contributed by atoms with Crippen LogP contribution in [0.25, 0.3) is 0 Å². The van der Waals surface area contributed by atoms with Gasteiger partial charge in [0.15, 0.2) is 6.29 Å². The fourth-order valence-electron chi connectivity index (χ4n) is 4.08. The molecule has 29 heavy (non-hydrogen) atoms. The molecule has 3 rings (SSSR count). The van der Waals surface area contributed by atoms with Gasteiger partial charge in [-0.15, -0.1) is 0 Å². The van der Waals surface area contributed by atoms with E-state index >= 15 is 0 Å². The Morgan fingerprint density at radius 1 is 1.17 bits per heavy atom. The maximum absolute atomic E-state index is 12.6. The molecule has 154 valence electrons. The van der Waals surface area contributed by atoms with Crippen LogP contribution in [0.15, 0.2) is 48.5 Å². The minimum atomic E-state index is -0.0925. The Morgan fingerprint density at radius 3 is 2.72 bits per heavy atom. The molecule has 1 aliphatic heterocycles. The molecule has 0 aliphatic carbocycles. The normalized spacial score (nSPS) is 16.6. The van der Waals surface area contributed by atoms with Crippen molar-refractivity contribution in [3.63, 3.8) is 0 Å². The van der Waals surface area contributed by atoms with Crippen LogP contribution in [0, 0.1) is 0 Å². The van der Waals surface area contributed by atoms with Crippen molar-refractivity contribution in [2.45, 2.75) is 25.2 Å². The number of rotatable bonds is 9. The van der Waals surface area contributed by atoms with Gasteiger partial charge in [0.25, 0.3) is 5.91 Å². The summed E-state index contributed by atoms with van der Waals surface area (Å²) in [5.41, 5.74) is 2.23. The lowest BCUT2D eigenvalue weighted by Gasteiger charge is -2.20. The number of hydrogen-bond donors (Lipinski definition) is 0. The lowest BCUT2D eigenvalue weighted by molar-refractivity contribution is 0.0788. The number of carbonyl (C=O) groups is 2. The van der Waals surface area contributed by atoms with E-state index in [1.54, 1.807) is 43.3 Å². The van der Waals surface area contributed by atoms with Crippen LogP contribution in [-0.4, -0.2) is 62.3 Å². The largest absolute Gasteiger partial charge is 0.496 e. The van der Waals surface area contributed by atoms with Crippen molar-refractivity contribution in [1.82, 2.24) is 9.80 Å². The highest BCUT2D eigenvalue weighted by Gasteiger charge is 2.25. The molecule has 1 unspecified atom stereocenters. The van der Waals surface area contributed by atoms with Crippen LogP contribution in [0.5, 0.6) is 5.75 Å². The first-order valence-electron chi connectivity index (χ1n) is 10.3. The third kappa shape index (κ3) is 5.24. The fraction of sp³-hybridized carbons (Fsp3) is 0.417. The fourth-order valence-corrected chi connectivity index (χ4v) is 4.08. The molecule has 0 N–H and O–H groups in total. The first-order chi connectivity index (χ1) is 14.1. The molecular formula is C24H30N2O3. The Hall–Kier alpha value is -2.66. The Kier molecular flexibility index (Phi) is 7.42. The number of carbonyl (C=O) groups excluding carboxylic acids is 2. The van der Waals surface area contributed by atoms with Crippen molar-refractivity contribution in [3.8, 4) is 5.75 Å². The zero-order valence-electron chi connectivity index (χ0n) is 17.3. The molecule has 0 aromatic heterocycles. The third-order valence-electron chi connectivity index (χ3n) is 5.73. The summed E-state index contributed by atoms with van der Waals surface area (Å²) in [6.45, 7) is 3.89. The molecule has 1 heterocycles. The molecule has 2 aromatic carbocycles. The van der Waals surface area contributed by atoms with Crippen LogP contribution in [0.1, 0.15) is 51.5 Å². The number of methoxy groups -OCH3 is 1. The lowest BCUT2D eigenvalue weighted by atomic mass is 9.97.